The summed E-state index contributed by atoms with van der Waals surface area (Å²) >= 11 is 0. The van der Waals surface area contributed by atoms with Gasteiger partial charge in [0.2, 0.25) is 0 Å². The first kappa shape index (κ1) is 22.9. The van der Waals surface area contributed by atoms with Crippen molar-refractivity contribution in [3.05, 3.63) is 95.1 Å². The van der Waals surface area contributed by atoms with Gasteiger partial charge in [-0.05, 0) is 54.8 Å². The molecule has 5 nitrogen and oxygen atoms in total. The van der Waals surface area contributed by atoms with Crippen molar-refractivity contribution in [2.45, 2.75) is 19.9 Å². The van der Waals surface area contributed by atoms with E-state index in [0.717, 1.165) is 50.5 Å². The molecule has 33 heavy (non-hydrogen) atoms. The number of amides is 1. The maximum atomic E-state index is 12.5. The second kappa shape index (κ2) is 11.0. The van der Waals surface area contributed by atoms with Gasteiger partial charge in [-0.15, -0.1) is 0 Å². The lowest BCUT2D eigenvalue weighted by Crippen LogP contribution is -2.45. The molecule has 1 N–H and O–H groups in total. The van der Waals surface area contributed by atoms with Crippen LogP contribution in [-0.2, 0) is 13.0 Å². The van der Waals surface area contributed by atoms with Crippen LogP contribution in [-0.4, -0.2) is 50.6 Å². The van der Waals surface area contributed by atoms with E-state index < -0.39 is 0 Å². The second-order valence-electron chi connectivity index (χ2n) is 8.61. The van der Waals surface area contributed by atoms with E-state index in [1.54, 1.807) is 7.11 Å². The van der Waals surface area contributed by atoms with Crippen molar-refractivity contribution in [2.75, 3.05) is 44.7 Å². The van der Waals surface area contributed by atoms with Crippen LogP contribution in [0.25, 0.3) is 0 Å². The van der Waals surface area contributed by atoms with Crippen molar-refractivity contribution in [3.8, 4) is 5.75 Å². The fourth-order valence-corrected chi connectivity index (χ4v) is 4.26. The minimum atomic E-state index is -0.0387. The van der Waals surface area contributed by atoms with Gasteiger partial charge in [-0.2, -0.15) is 0 Å². The number of carbonyl (C=O) groups is 1. The molecule has 3 aromatic carbocycles. The number of nitrogens with one attached hydrogen (secondary N) is 1. The van der Waals surface area contributed by atoms with Gasteiger partial charge >= 0.3 is 0 Å². The minimum absolute atomic E-state index is 0.0387. The first-order chi connectivity index (χ1) is 16.1. The van der Waals surface area contributed by atoms with Crippen LogP contribution in [0.4, 0.5) is 5.69 Å². The molecule has 0 aliphatic carbocycles. The molecule has 1 fully saturated rings. The van der Waals surface area contributed by atoms with E-state index in [1.165, 1.54) is 16.8 Å². The molecular formula is C28H33N3O2. The highest BCUT2D eigenvalue weighted by molar-refractivity contribution is 5.94. The predicted molar refractivity (Wildman–Crippen MR) is 134 cm³/mol. The zero-order valence-corrected chi connectivity index (χ0v) is 19.6. The van der Waals surface area contributed by atoms with Crippen LogP contribution in [0.15, 0.2) is 72.8 Å². The number of carbonyl (C=O) groups excluding carboxylic acids is 1. The van der Waals surface area contributed by atoms with Crippen LogP contribution in [0, 0.1) is 6.92 Å². The number of hydrogen-bond acceptors (Lipinski definition) is 4. The van der Waals surface area contributed by atoms with E-state index in [2.05, 4.69) is 58.4 Å². The topological polar surface area (TPSA) is 44.8 Å². The van der Waals surface area contributed by atoms with Gasteiger partial charge in [-0.25, -0.2) is 0 Å². The molecule has 3 aromatic rings. The van der Waals surface area contributed by atoms with Crippen molar-refractivity contribution in [1.82, 2.24) is 10.2 Å². The monoisotopic (exact) mass is 443 g/mol. The largest absolute Gasteiger partial charge is 0.496 e. The number of benzene rings is 3. The van der Waals surface area contributed by atoms with Crippen LogP contribution >= 0.6 is 0 Å². The Morgan fingerprint density at radius 1 is 0.909 bits per heavy atom. The zero-order chi connectivity index (χ0) is 23.0. The highest BCUT2D eigenvalue weighted by atomic mass is 16.5. The van der Waals surface area contributed by atoms with Gasteiger partial charge in [-0.1, -0.05) is 48.0 Å². The Labute approximate surface area is 197 Å². The summed E-state index contributed by atoms with van der Waals surface area (Å²) in [6.45, 7) is 7.77. The number of anilines is 1. The summed E-state index contributed by atoms with van der Waals surface area (Å²) in [5, 5.41) is 3.01. The van der Waals surface area contributed by atoms with E-state index in [0.29, 0.717) is 12.1 Å². The maximum Gasteiger partial charge on any atom is 0.251 e. The number of nitrogens with zero attached hydrogens (tertiary/aromatic N) is 2. The van der Waals surface area contributed by atoms with Crippen molar-refractivity contribution in [1.29, 1.82) is 0 Å². The number of methoxy groups -OCH3 is 1. The molecule has 1 aliphatic heterocycles. The fourth-order valence-electron chi connectivity index (χ4n) is 4.26. The number of rotatable bonds is 8. The van der Waals surface area contributed by atoms with Gasteiger partial charge in [0, 0.05) is 50.5 Å². The molecule has 172 valence electrons. The quantitative estimate of drug-likeness (QED) is 0.564. The molecule has 1 amide bonds. The Balaban J connectivity index is 1.23. The zero-order valence-electron chi connectivity index (χ0n) is 19.6. The summed E-state index contributed by atoms with van der Waals surface area (Å²) in [5.41, 5.74) is 5.64. The Bertz CT molecular complexity index is 1040. The summed E-state index contributed by atoms with van der Waals surface area (Å²) in [6, 6.07) is 24.7. The molecule has 0 aromatic heterocycles. The van der Waals surface area contributed by atoms with Gasteiger partial charge in [0.05, 0.1) is 7.11 Å². The fraction of sp³-hybridized carbons (Fsp3) is 0.321. The lowest BCUT2D eigenvalue weighted by Gasteiger charge is -2.36. The van der Waals surface area contributed by atoms with E-state index in [4.69, 9.17) is 4.74 Å². The van der Waals surface area contributed by atoms with E-state index >= 15 is 0 Å². The van der Waals surface area contributed by atoms with Gasteiger partial charge in [0.25, 0.3) is 5.91 Å². The average Bonchev–Trinajstić information content (AvgIpc) is 2.86. The maximum absolute atomic E-state index is 12.5. The standard InChI is InChI=1S/C28H33N3O2/c1-22-7-13-26(14-8-22)31-19-17-30(18-20-31)21-23-9-11-25(12-10-23)28(32)29-16-15-24-5-3-4-6-27(24)33-2/h3-14H,15-21H2,1-2H3,(H,29,32). The number of para-hydroxylation sites is 1. The third kappa shape index (κ3) is 6.14. The molecule has 4 rings (SSSR count). The smallest absolute Gasteiger partial charge is 0.251 e. The molecule has 0 saturated carbocycles. The lowest BCUT2D eigenvalue weighted by atomic mass is 10.1. The lowest BCUT2D eigenvalue weighted by molar-refractivity contribution is 0.0954. The molecule has 0 unspecified atom stereocenters. The summed E-state index contributed by atoms with van der Waals surface area (Å²) in [4.78, 5) is 17.5. The van der Waals surface area contributed by atoms with Gasteiger partial charge in [-0.3, -0.25) is 9.69 Å². The van der Waals surface area contributed by atoms with Gasteiger partial charge < -0.3 is 15.0 Å². The Hall–Kier alpha value is -3.31. The predicted octanol–water partition coefficient (Wildman–Crippen LogP) is 4.30. The summed E-state index contributed by atoms with van der Waals surface area (Å²) in [7, 11) is 1.67. The molecule has 0 spiro atoms. The van der Waals surface area contributed by atoms with E-state index in [9.17, 15) is 4.79 Å². The Morgan fingerprint density at radius 3 is 2.30 bits per heavy atom. The highest BCUT2D eigenvalue weighted by Gasteiger charge is 2.17. The molecular weight excluding hydrogens is 410 g/mol. The molecule has 5 heteroatoms. The number of piperazine rings is 1. The van der Waals surface area contributed by atoms with Crippen LogP contribution in [0.1, 0.15) is 27.0 Å². The van der Waals surface area contributed by atoms with Gasteiger partial charge in [0.15, 0.2) is 0 Å². The van der Waals surface area contributed by atoms with Crippen molar-refractivity contribution in [2.24, 2.45) is 0 Å². The Morgan fingerprint density at radius 2 is 1.61 bits per heavy atom. The van der Waals surface area contributed by atoms with Crippen LogP contribution < -0.4 is 15.0 Å². The summed E-state index contributed by atoms with van der Waals surface area (Å²) < 4.78 is 5.38. The third-order valence-corrected chi connectivity index (χ3v) is 6.27. The van der Waals surface area contributed by atoms with Crippen molar-refractivity contribution >= 4 is 11.6 Å². The number of ether oxygens (including phenoxy) is 1. The average molecular weight is 444 g/mol. The molecule has 1 heterocycles. The molecule has 0 atom stereocenters. The second-order valence-corrected chi connectivity index (χ2v) is 8.61. The van der Waals surface area contributed by atoms with E-state index in [-0.39, 0.29) is 5.91 Å². The van der Waals surface area contributed by atoms with E-state index in [1.807, 2.05) is 36.4 Å². The number of hydrogen-bond donors (Lipinski definition) is 1. The van der Waals surface area contributed by atoms with Crippen molar-refractivity contribution in [3.63, 3.8) is 0 Å². The summed E-state index contributed by atoms with van der Waals surface area (Å²) in [5.74, 6) is 0.818. The first-order valence-electron chi connectivity index (χ1n) is 11.7. The number of aryl methyl sites for hydroxylation is 1. The van der Waals surface area contributed by atoms with Crippen LogP contribution in [0.5, 0.6) is 5.75 Å². The molecule has 1 aliphatic rings. The summed E-state index contributed by atoms with van der Waals surface area (Å²) in [6.07, 6.45) is 0.738. The highest BCUT2D eigenvalue weighted by Crippen LogP contribution is 2.19. The first-order valence-corrected chi connectivity index (χ1v) is 11.7. The van der Waals surface area contributed by atoms with Gasteiger partial charge in [0.1, 0.15) is 5.75 Å². The Kier molecular flexibility index (Phi) is 7.63. The van der Waals surface area contributed by atoms with Crippen molar-refractivity contribution < 1.29 is 9.53 Å². The molecule has 1 saturated heterocycles. The SMILES string of the molecule is COc1ccccc1CCNC(=O)c1ccc(CN2CCN(c3ccc(C)cc3)CC2)cc1. The van der Waals surface area contributed by atoms with Crippen LogP contribution in [0.3, 0.4) is 0 Å². The van der Waals surface area contributed by atoms with Crippen LogP contribution in [0.2, 0.25) is 0 Å². The molecule has 0 radical (unpaired) electrons. The molecule has 0 bridgehead atoms. The normalized spacial score (nSPS) is 14.2. The third-order valence-electron chi connectivity index (χ3n) is 6.27. The minimum Gasteiger partial charge on any atom is -0.496 e.